The van der Waals surface area contributed by atoms with Crippen molar-refractivity contribution in [1.29, 1.82) is 0 Å². The smallest absolute Gasteiger partial charge is 0.476 e. The van der Waals surface area contributed by atoms with Crippen LogP contribution < -0.4 is 5.46 Å². The van der Waals surface area contributed by atoms with Gasteiger partial charge in [-0.1, -0.05) is 24.3 Å². The Morgan fingerprint density at radius 3 is 2.80 bits per heavy atom. The molecule has 4 nitrogen and oxygen atoms in total. The summed E-state index contributed by atoms with van der Waals surface area (Å²) >= 11 is 0. The lowest BCUT2D eigenvalue weighted by Crippen LogP contribution is -2.34. The largest absolute Gasteiger partial charge is 0.488 e. The molecular formula is C10H12BNO3. The first-order valence-corrected chi connectivity index (χ1v) is 4.88. The standard InChI is InChI=1S/C10H12BNO3/c13-11(14)9-4-2-1-3-8(9)10-5-6-12-7-15-10/h1-4,7,10,13-14H,5-6H2. The van der Waals surface area contributed by atoms with Crippen LogP contribution in [0.5, 0.6) is 0 Å². The number of hydrogen-bond donors (Lipinski definition) is 2. The van der Waals surface area contributed by atoms with Gasteiger partial charge in [-0.25, -0.2) is 0 Å². The van der Waals surface area contributed by atoms with E-state index in [4.69, 9.17) is 4.74 Å². The van der Waals surface area contributed by atoms with Gasteiger partial charge < -0.3 is 14.8 Å². The molecule has 0 saturated carbocycles. The molecule has 15 heavy (non-hydrogen) atoms. The zero-order chi connectivity index (χ0) is 10.7. The van der Waals surface area contributed by atoms with E-state index >= 15 is 0 Å². The summed E-state index contributed by atoms with van der Waals surface area (Å²) in [6.45, 7) is 0.709. The van der Waals surface area contributed by atoms with E-state index in [0.29, 0.717) is 12.0 Å². The zero-order valence-corrected chi connectivity index (χ0v) is 8.21. The second-order valence-electron chi connectivity index (χ2n) is 3.43. The van der Waals surface area contributed by atoms with Gasteiger partial charge >= 0.3 is 7.12 Å². The third-order valence-electron chi connectivity index (χ3n) is 2.44. The van der Waals surface area contributed by atoms with Gasteiger partial charge in [0.25, 0.3) is 0 Å². The first kappa shape index (κ1) is 10.2. The lowest BCUT2D eigenvalue weighted by Gasteiger charge is -2.21. The van der Waals surface area contributed by atoms with Gasteiger partial charge in [-0.15, -0.1) is 0 Å². The van der Waals surface area contributed by atoms with Gasteiger partial charge in [-0.05, 0) is 11.0 Å². The Hall–Kier alpha value is -1.33. The number of benzene rings is 1. The average molecular weight is 205 g/mol. The van der Waals surface area contributed by atoms with Crippen LogP contribution >= 0.6 is 0 Å². The van der Waals surface area contributed by atoms with Crippen molar-refractivity contribution < 1.29 is 14.8 Å². The van der Waals surface area contributed by atoms with Gasteiger partial charge in [-0.3, -0.25) is 4.99 Å². The molecule has 0 bridgehead atoms. The Balaban J connectivity index is 2.30. The van der Waals surface area contributed by atoms with Crippen molar-refractivity contribution in [2.75, 3.05) is 6.54 Å². The number of nitrogens with zero attached hydrogens (tertiary/aromatic N) is 1. The van der Waals surface area contributed by atoms with Crippen LogP contribution in [-0.2, 0) is 4.74 Å². The van der Waals surface area contributed by atoms with Crippen LogP contribution in [0.15, 0.2) is 29.3 Å². The van der Waals surface area contributed by atoms with E-state index in [2.05, 4.69) is 4.99 Å². The van der Waals surface area contributed by atoms with Crippen LogP contribution in [0.25, 0.3) is 0 Å². The molecule has 5 heteroatoms. The predicted molar refractivity (Wildman–Crippen MR) is 58.1 cm³/mol. The second kappa shape index (κ2) is 4.46. The molecule has 1 aromatic rings. The van der Waals surface area contributed by atoms with Gasteiger partial charge in [-0.2, -0.15) is 0 Å². The van der Waals surface area contributed by atoms with Gasteiger partial charge in [0.05, 0.1) is 0 Å². The van der Waals surface area contributed by atoms with E-state index in [9.17, 15) is 10.0 Å². The Kier molecular flexibility index (Phi) is 3.04. The number of rotatable bonds is 2. The first-order chi connectivity index (χ1) is 7.29. The second-order valence-corrected chi connectivity index (χ2v) is 3.43. The third kappa shape index (κ3) is 2.19. The lowest BCUT2D eigenvalue weighted by molar-refractivity contribution is 0.182. The molecule has 0 aromatic heterocycles. The fourth-order valence-corrected chi connectivity index (χ4v) is 1.70. The molecule has 0 spiro atoms. The summed E-state index contributed by atoms with van der Waals surface area (Å²) in [4.78, 5) is 3.96. The molecule has 0 fully saturated rings. The minimum atomic E-state index is -1.45. The Bertz CT molecular complexity index is 367. The molecule has 1 aliphatic heterocycles. The number of aliphatic imine (C=N–C) groups is 1. The lowest BCUT2D eigenvalue weighted by atomic mass is 9.75. The summed E-state index contributed by atoms with van der Waals surface area (Å²) in [6.07, 6.45) is 2.06. The topological polar surface area (TPSA) is 62.0 Å². The fraction of sp³-hybridized carbons (Fsp3) is 0.300. The molecule has 0 amide bonds. The highest BCUT2D eigenvalue weighted by molar-refractivity contribution is 6.59. The molecule has 2 rings (SSSR count). The van der Waals surface area contributed by atoms with Gasteiger partial charge in [0.1, 0.15) is 6.10 Å². The van der Waals surface area contributed by atoms with E-state index < -0.39 is 7.12 Å². The monoisotopic (exact) mass is 205 g/mol. The fourth-order valence-electron chi connectivity index (χ4n) is 1.70. The van der Waals surface area contributed by atoms with Crippen molar-refractivity contribution >= 4 is 19.0 Å². The van der Waals surface area contributed by atoms with Crippen LogP contribution in [0.4, 0.5) is 0 Å². The van der Waals surface area contributed by atoms with Crippen LogP contribution in [0.3, 0.4) is 0 Å². The molecular weight excluding hydrogens is 193 g/mol. The summed E-state index contributed by atoms with van der Waals surface area (Å²) in [7, 11) is -1.45. The summed E-state index contributed by atoms with van der Waals surface area (Å²) in [5, 5.41) is 18.4. The molecule has 1 atom stereocenters. The Morgan fingerprint density at radius 2 is 2.13 bits per heavy atom. The molecule has 1 aliphatic rings. The summed E-state index contributed by atoms with van der Waals surface area (Å²) < 4.78 is 5.34. The van der Waals surface area contributed by atoms with Crippen molar-refractivity contribution in [3.8, 4) is 0 Å². The highest BCUT2D eigenvalue weighted by Crippen LogP contribution is 2.21. The quantitative estimate of drug-likeness (QED) is 0.660. The Labute approximate surface area is 88.4 Å². The van der Waals surface area contributed by atoms with Gasteiger partial charge in [0.15, 0.2) is 6.40 Å². The summed E-state index contributed by atoms with van der Waals surface area (Å²) in [6, 6.07) is 7.17. The molecule has 0 aliphatic carbocycles. The molecule has 1 aromatic carbocycles. The molecule has 1 heterocycles. The van der Waals surface area contributed by atoms with Crippen LogP contribution in [0, 0.1) is 0 Å². The van der Waals surface area contributed by atoms with Crippen molar-refractivity contribution in [3.63, 3.8) is 0 Å². The summed E-state index contributed by atoms with van der Waals surface area (Å²) in [5.74, 6) is 0. The SMILES string of the molecule is OB(O)c1ccccc1C1CCN=CO1. The van der Waals surface area contributed by atoms with Crippen molar-refractivity contribution in [2.45, 2.75) is 12.5 Å². The number of hydrogen-bond acceptors (Lipinski definition) is 4. The maximum absolute atomic E-state index is 9.20. The molecule has 1 unspecified atom stereocenters. The van der Waals surface area contributed by atoms with Crippen LogP contribution in [0.1, 0.15) is 18.1 Å². The van der Waals surface area contributed by atoms with Crippen molar-refractivity contribution in [2.24, 2.45) is 4.99 Å². The maximum atomic E-state index is 9.20. The number of ether oxygens (including phenoxy) is 1. The maximum Gasteiger partial charge on any atom is 0.488 e. The average Bonchev–Trinajstić information content (AvgIpc) is 2.30. The van der Waals surface area contributed by atoms with E-state index in [1.165, 1.54) is 6.40 Å². The van der Waals surface area contributed by atoms with Crippen LogP contribution in [-0.4, -0.2) is 30.1 Å². The van der Waals surface area contributed by atoms with Crippen molar-refractivity contribution in [3.05, 3.63) is 29.8 Å². The summed E-state index contributed by atoms with van der Waals surface area (Å²) in [5.41, 5.74) is 1.32. The highest BCUT2D eigenvalue weighted by Gasteiger charge is 2.22. The molecule has 2 N–H and O–H groups in total. The van der Waals surface area contributed by atoms with Crippen molar-refractivity contribution in [1.82, 2.24) is 0 Å². The molecule has 78 valence electrons. The van der Waals surface area contributed by atoms with E-state index in [-0.39, 0.29) is 6.10 Å². The highest BCUT2D eigenvalue weighted by atomic mass is 16.5. The zero-order valence-electron chi connectivity index (χ0n) is 8.21. The minimum Gasteiger partial charge on any atom is -0.476 e. The van der Waals surface area contributed by atoms with Crippen LogP contribution in [0.2, 0.25) is 0 Å². The molecule has 0 radical (unpaired) electrons. The predicted octanol–water partition coefficient (Wildman–Crippen LogP) is -0.144. The third-order valence-corrected chi connectivity index (χ3v) is 2.44. The Morgan fingerprint density at radius 1 is 1.33 bits per heavy atom. The normalized spacial score (nSPS) is 19.7. The minimum absolute atomic E-state index is 0.125. The van der Waals surface area contributed by atoms with Gasteiger partial charge in [0.2, 0.25) is 0 Å². The van der Waals surface area contributed by atoms with E-state index in [0.717, 1.165) is 12.0 Å². The van der Waals surface area contributed by atoms with E-state index in [1.54, 1.807) is 12.1 Å². The van der Waals surface area contributed by atoms with E-state index in [1.807, 2.05) is 12.1 Å². The van der Waals surface area contributed by atoms with Gasteiger partial charge in [0, 0.05) is 13.0 Å². The first-order valence-electron chi connectivity index (χ1n) is 4.88. The molecule has 0 saturated heterocycles.